The number of rotatable bonds is 0. The molecule has 0 fully saturated rings. The zero-order valence-electron chi connectivity index (χ0n) is 1.98. The topological polar surface area (TPSA) is 34.1 Å². The van der Waals surface area contributed by atoms with Crippen molar-refractivity contribution in [3.8, 4) is 0 Å². The van der Waals surface area contributed by atoms with E-state index < -0.39 is 10.6 Å². The van der Waals surface area contributed by atoms with Gasteiger partial charge in [-0.15, -0.1) is 0 Å². The Morgan fingerprint density at radius 1 is 1.17 bits per heavy atom. The van der Waals surface area contributed by atoms with E-state index in [-0.39, 0.29) is 18.9 Å². The minimum absolute atomic E-state index is 0. The van der Waals surface area contributed by atoms with Gasteiger partial charge in [-0.2, -0.15) is 8.42 Å². The Labute approximate surface area is 46.2 Å². The number of hydrogen-bond donors (Lipinski definition) is 0. The molecule has 0 aromatic heterocycles. The molecule has 0 atom stereocenters. The van der Waals surface area contributed by atoms with Crippen molar-refractivity contribution in [3.63, 3.8) is 0 Å². The Morgan fingerprint density at radius 2 is 1.17 bits per heavy atom. The van der Waals surface area contributed by atoms with Gasteiger partial charge in [0, 0.05) is 0 Å². The molecule has 0 bridgehead atoms. The van der Waals surface area contributed by atoms with Crippen molar-refractivity contribution in [1.29, 1.82) is 0 Å². The van der Waals surface area contributed by atoms with E-state index in [1.807, 2.05) is 0 Å². The predicted octanol–water partition coefficient (Wildman–Crippen LogP) is -0.478. The fourth-order valence-corrected chi connectivity index (χ4v) is 0. The third-order valence-electron chi connectivity index (χ3n) is 0. The molecule has 0 aromatic rings. The first kappa shape index (κ1) is 9.64. The minimum atomic E-state index is -5.67. The third-order valence-corrected chi connectivity index (χ3v) is 0. The van der Waals surface area contributed by atoms with Crippen LogP contribution in [0.5, 0.6) is 0 Å². The van der Waals surface area contributed by atoms with Crippen molar-refractivity contribution < 1.29 is 16.2 Å². The molecule has 0 N–H and O–H groups in total. The van der Waals surface area contributed by atoms with E-state index in [0.717, 1.165) is 0 Å². The van der Waals surface area contributed by atoms with Crippen LogP contribution in [0.25, 0.3) is 0 Å². The second-order valence-electron chi connectivity index (χ2n) is 0.378. The van der Waals surface area contributed by atoms with Gasteiger partial charge in [-0.3, -0.25) is 0 Å². The Bertz CT molecular complexity index is 94.7. The summed E-state index contributed by atoms with van der Waals surface area (Å²) in [6.45, 7) is 0. The van der Waals surface area contributed by atoms with Crippen LogP contribution < -0.4 is 0 Å². The fourth-order valence-electron chi connectivity index (χ4n) is 0. The van der Waals surface area contributed by atoms with Gasteiger partial charge in [0.05, 0.1) is 0 Å². The van der Waals surface area contributed by atoms with Crippen LogP contribution >= 0.6 is 0 Å². The standard InChI is InChI=1S/F2O2S.Li.H/c1-5(2,3)4;;. The second-order valence-corrected chi connectivity index (χ2v) is 1.14. The first-order chi connectivity index (χ1) is 2.00. The molecule has 34 valence electrons. The first-order valence-electron chi connectivity index (χ1n) is 0.642. The molecule has 2 nitrogen and oxygen atoms in total. The van der Waals surface area contributed by atoms with Crippen molar-refractivity contribution in [2.45, 2.75) is 0 Å². The molecule has 0 rings (SSSR count). The van der Waals surface area contributed by atoms with Crippen molar-refractivity contribution in [2.24, 2.45) is 0 Å². The van der Waals surface area contributed by atoms with Gasteiger partial charge in [0.2, 0.25) is 0 Å². The van der Waals surface area contributed by atoms with Gasteiger partial charge in [-0.25, -0.2) is 0 Å². The summed E-state index contributed by atoms with van der Waals surface area (Å²) in [4.78, 5) is 0. The third kappa shape index (κ3) is 308. The summed E-state index contributed by atoms with van der Waals surface area (Å²) in [6.07, 6.45) is 0. The molecule has 0 heterocycles. The van der Waals surface area contributed by atoms with Crippen LogP contribution in [0.4, 0.5) is 7.77 Å². The molecule has 0 aromatic carbocycles. The fraction of sp³-hybridized carbons (Fsp3) is 0. The summed E-state index contributed by atoms with van der Waals surface area (Å²) in [5, 5.41) is 0. The monoisotopic (exact) mass is 110 g/mol. The molecule has 0 radical (unpaired) electrons. The van der Waals surface area contributed by atoms with Gasteiger partial charge in [-0.1, -0.05) is 7.77 Å². The zero-order chi connectivity index (χ0) is 4.50. The molecular formula is HF2LiO2S. The molecule has 0 unspecified atom stereocenters. The summed E-state index contributed by atoms with van der Waals surface area (Å²) < 4.78 is 36.6. The van der Waals surface area contributed by atoms with E-state index in [1.165, 1.54) is 0 Å². The Kier molecular flexibility index (Phi) is 4.11. The Balaban J connectivity index is 0. The van der Waals surface area contributed by atoms with Crippen LogP contribution in [0.2, 0.25) is 0 Å². The summed E-state index contributed by atoms with van der Waals surface area (Å²) in [6, 6.07) is 0. The van der Waals surface area contributed by atoms with E-state index in [9.17, 15) is 7.77 Å². The maximum atomic E-state index is 9.99. The van der Waals surface area contributed by atoms with Crippen molar-refractivity contribution >= 4 is 29.5 Å². The van der Waals surface area contributed by atoms with Crippen LogP contribution in [0.3, 0.4) is 0 Å². The summed E-state index contributed by atoms with van der Waals surface area (Å²) in [7, 11) is -5.67. The SMILES string of the molecule is O=S(=O)(F)F.[LiH]. The summed E-state index contributed by atoms with van der Waals surface area (Å²) in [5.74, 6) is 0. The molecule has 0 aliphatic heterocycles. The van der Waals surface area contributed by atoms with E-state index in [2.05, 4.69) is 0 Å². The molecule has 0 amide bonds. The zero-order valence-corrected chi connectivity index (χ0v) is 2.80. The van der Waals surface area contributed by atoms with E-state index in [1.54, 1.807) is 0 Å². The Hall–Kier alpha value is 0.407. The van der Waals surface area contributed by atoms with Crippen molar-refractivity contribution in [2.75, 3.05) is 0 Å². The van der Waals surface area contributed by atoms with Crippen LogP contribution in [0, 0.1) is 0 Å². The number of hydrogen-bond acceptors (Lipinski definition) is 2. The molecule has 0 aliphatic carbocycles. The molecule has 6 heteroatoms. The molecule has 6 heavy (non-hydrogen) atoms. The van der Waals surface area contributed by atoms with Gasteiger partial charge in [0.15, 0.2) is 0 Å². The van der Waals surface area contributed by atoms with E-state index in [0.29, 0.717) is 0 Å². The van der Waals surface area contributed by atoms with E-state index >= 15 is 0 Å². The van der Waals surface area contributed by atoms with Gasteiger partial charge in [0.25, 0.3) is 0 Å². The van der Waals surface area contributed by atoms with Crippen LogP contribution in [0.1, 0.15) is 0 Å². The van der Waals surface area contributed by atoms with Gasteiger partial charge >= 0.3 is 29.5 Å². The van der Waals surface area contributed by atoms with Crippen LogP contribution in [-0.4, -0.2) is 27.3 Å². The summed E-state index contributed by atoms with van der Waals surface area (Å²) in [5.41, 5.74) is 0. The Morgan fingerprint density at radius 3 is 1.17 bits per heavy atom. The number of halogens is 2. The normalized spacial score (nSPS) is 9.67. The average molecular weight is 110 g/mol. The molecule has 0 saturated carbocycles. The van der Waals surface area contributed by atoms with Crippen molar-refractivity contribution in [1.82, 2.24) is 0 Å². The van der Waals surface area contributed by atoms with E-state index in [4.69, 9.17) is 8.42 Å². The summed E-state index contributed by atoms with van der Waals surface area (Å²) >= 11 is 0. The van der Waals surface area contributed by atoms with Crippen LogP contribution in [0.15, 0.2) is 0 Å². The molecule has 0 aliphatic rings. The molecular weight excluding hydrogens is 109 g/mol. The maximum absolute atomic E-state index is 9.99. The second kappa shape index (κ2) is 2.56. The predicted molar refractivity (Wildman–Crippen MR) is 18.3 cm³/mol. The van der Waals surface area contributed by atoms with Gasteiger partial charge < -0.3 is 0 Å². The van der Waals surface area contributed by atoms with Crippen molar-refractivity contribution in [3.05, 3.63) is 0 Å². The average Bonchev–Trinajstić information content (AvgIpc) is 0.722. The quantitative estimate of drug-likeness (QED) is 0.312. The molecule has 0 saturated heterocycles. The van der Waals surface area contributed by atoms with Crippen LogP contribution in [-0.2, 0) is 10.6 Å². The van der Waals surface area contributed by atoms with Gasteiger partial charge in [0.1, 0.15) is 0 Å². The molecule has 0 spiro atoms. The van der Waals surface area contributed by atoms with Gasteiger partial charge in [-0.05, 0) is 0 Å². The first-order valence-corrected chi connectivity index (χ1v) is 1.93.